The number of anilines is 1. The fourth-order valence-corrected chi connectivity index (χ4v) is 5.91. The zero-order valence-corrected chi connectivity index (χ0v) is 23.9. The van der Waals surface area contributed by atoms with Crippen LogP contribution >= 0.6 is 0 Å². The van der Waals surface area contributed by atoms with Crippen LogP contribution in [0.4, 0.5) is 5.82 Å². The molecular weight excluding hydrogens is 502 g/mol. The summed E-state index contributed by atoms with van der Waals surface area (Å²) in [6.07, 6.45) is 13.6. The number of aryl methyl sites for hydroxylation is 3. The molecule has 0 amide bonds. The quantitative estimate of drug-likeness (QED) is 0.364. The second-order valence-electron chi connectivity index (χ2n) is 11.1. The number of hydrogen-bond acceptors (Lipinski definition) is 7. The zero-order valence-electron chi connectivity index (χ0n) is 23.9. The number of aliphatic imine (C=N–C) groups is 1. The Bertz CT molecular complexity index is 1570. The normalized spacial score (nSPS) is 21.5. The molecule has 0 spiro atoms. The van der Waals surface area contributed by atoms with Crippen molar-refractivity contribution in [1.29, 1.82) is 0 Å². The zero-order chi connectivity index (χ0) is 27.9. The molecule has 2 atom stereocenters. The van der Waals surface area contributed by atoms with Crippen LogP contribution in [0.2, 0.25) is 0 Å². The first-order valence-corrected chi connectivity index (χ1v) is 13.9. The Morgan fingerprint density at radius 3 is 2.73 bits per heavy atom. The molecule has 0 saturated heterocycles. The predicted molar refractivity (Wildman–Crippen MR) is 157 cm³/mol. The molecule has 4 aromatic heterocycles. The fraction of sp³-hybridized carbons (Fsp3) is 0.433. The number of aromatic nitrogens is 7. The van der Waals surface area contributed by atoms with Crippen LogP contribution in [0, 0.1) is 5.92 Å². The number of pyridine rings is 1. The van der Waals surface area contributed by atoms with Gasteiger partial charge in [0.2, 0.25) is 0 Å². The van der Waals surface area contributed by atoms with Crippen LogP contribution in [-0.2, 0) is 31.8 Å². The van der Waals surface area contributed by atoms with Gasteiger partial charge in [0.15, 0.2) is 0 Å². The molecule has 0 bridgehead atoms. The van der Waals surface area contributed by atoms with Crippen LogP contribution in [0.5, 0.6) is 0 Å². The lowest BCUT2D eigenvalue weighted by Crippen LogP contribution is -2.35. The summed E-state index contributed by atoms with van der Waals surface area (Å²) in [6, 6.07) is 6.22. The van der Waals surface area contributed by atoms with E-state index in [4.69, 9.17) is 19.8 Å². The highest BCUT2D eigenvalue weighted by Crippen LogP contribution is 2.44. The van der Waals surface area contributed by atoms with E-state index in [0.29, 0.717) is 12.5 Å². The molecule has 1 aliphatic heterocycles. The summed E-state index contributed by atoms with van der Waals surface area (Å²) in [5.41, 5.74) is 8.77. The van der Waals surface area contributed by atoms with Crippen molar-refractivity contribution in [2.45, 2.75) is 51.7 Å². The molecule has 1 aliphatic carbocycles. The lowest BCUT2D eigenvalue weighted by Gasteiger charge is -2.33. The van der Waals surface area contributed by atoms with Gasteiger partial charge in [0.05, 0.1) is 36.4 Å². The Morgan fingerprint density at radius 1 is 1.10 bits per heavy atom. The van der Waals surface area contributed by atoms with Crippen LogP contribution < -0.4 is 5.32 Å². The number of rotatable bonds is 7. The maximum Gasteiger partial charge on any atom is 0.149 e. The third-order valence-corrected chi connectivity index (χ3v) is 8.03. The summed E-state index contributed by atoms with van der Waals surface area (Å²) >= 11 is 0. The van der Waals surface area contributed by atoms with E-state index in [1.165, 1.54) is 16.7 Å². The molecule has 10 heteroatoms. The second-order valence-corrected chi connectivity index (χ2v) is 11.1. The topological polar surface area (TPSA) is 100.0 Å². The van der Waals surface area contributed by atoms with Gasteiger partial charge in [0.25, 0.3) is 0 Å². The highest BCUT2D eigenvalue weighted by atomic mass is 16.5. The van der Waals surface area contributed by atoms with Crippen molar-refractivity contribution >= 4 is 17.6 Å². The average Bonchev–Trinajstić information content (AvgIpc) is 3.66. The summed E-state index contributed by atoms with van der Waals surface area (Å²) < 4.78 is 10.9. The van der Waals surface area contributed by atoms with Crippen molar-refractivity contribution in [2.75, 3.05) is 19.0 Å². The Morgan fingerprint density at radius 2 is 1.98 bits per heavy atom. The van der Waals surface area contributed by atoms with Gasteiger partial charge in [-0.1, -0.05) is 6.92 Å². The Hall–Kier alpha value is -4.05. The van der Waals surface area contributed by atoms with E-state index in [2.05, 4.69) is 47.7 Å². The fourth-order valence-electron chi connectivity index (χ4n) is 5.91. The molecule has 40 heavy (non-hydrogen) atoms. The predicted octanol–water partition coefficient (Wildman–Crippen LogP) is 4.75. The van der Waals surface area contributed by atoms with Crippen molar-refractivity contribution < 1.29 is 4.74 Å². The first-order chi connectivity index (χ1) is 19.3. The third kappa shape index (κ3) is 4.99. The van der Waals surface area contributed by atoms with Gasteiger partial charge in [0.1, 0.15) is 11.5 Å². The minimum atomic E-state index is -0.433. The standard InChI is InChI=1S/C30H37N9O/c1-20-10-12-30(2,34-26-11-13-39(36-26)14-15-40-5)32-17-21-6-9-25-28(27(20)21)29(38(4)35-25)22-7-8-24(31-16-22)23-18-33-37(3)19-23/h7-8,11,13,16-20H,6,9-10,12,14-15H2,1-5H3,(H,34,36)/b32-17-. The highest BCUT2D eigenvalue weighted by Gasteiger charge is 2.33. The number of ether oxygens (including phenoxy) is 1. The molecule has 10 nitrogen and oxygen atoms in total. The summed E-state index contributed by atoms with van der Waals surface area (Å²) in [5.74, 6) is 1.19. The van der Waals surface area contributed by atoms with Gasteiger partial charge < -0.3 is 10.1 Å². The SMILES string of the molecule is COCCn1ccc(NC2(C)CCC(C)C3=C(/C=N\2)CCc2nn(C)c(-c4ccc(-c5cnn(C)c5)nc4)c23)n1. The van der Waals surface area contributed by atoms with Crippen molar-refractivity contribution in [3.63, 3.8) is 0 Å². The first kappa shape index (κ1) is 26.2. The second kappa shape index (κ2) is 10.5. The number of nitrogens with one attached hydrogen (secondary N) is 1. The highest BCUT2D eigenvalue weighted by molar-refractivity contribution is 5.96. The van der Waals surface area contributed by atoms with Gasteiger partial charge in [-0.15, -0.1) is 0 Å². The number of methoxy groups -OCH3 is 1. The maximum absolute atomic E-state index is 5.18. The van der Waals surface area contributed by atoms with Gasteiger partial charge in [-0.25, -0.2) is 0 Å². The average molecular weight is 540 g/mol. The number of allylic oxidation sites excluding steroid dienone is 2. The molecule has 0 radical (unpaired) electrons. The summed E-state index contributed by atoms with van der Waals surface area (Å²) in [7, 11) is 5.66. The van der Waals surface area contributed by atoms with Crippen molar-refractivity contribution in [2.24, 2.45) is 25.0 Å². The number of hydrogen-bond donors (Lipinski definition) is 1. The van der Waals surface area contributed by atoms with Gasteiger partial charge in [-0.05, 0) is 61.8 Å². The van der Waals surface area contributed by atoms with E-state index in [0.717, 1.165) is 66.3 Å². The summed E-state index contributed by atoms with van der Waals surface area (Å²) in [5, 5.41) is 17.5. The Labute approximate surface area is 234 Å². The van der Waals surface area contributed by atoms with Gasteiger partial charge in [-0.2, -0.15) is 15.3 Å². The molecule has 208 valence electrons. The van der Waals surface area contributed by atoms with E-state index >= 15 is 0 Å². The van der Waals surface area contributed by atoms with E-state index in [9.17, 15) is 0 Å². The van der Waals surface area contributed by atoms with Crippen molar-refractivity contribution in [3.05, 3.63) is 59.8 Å². The molecule has 6 rings (SSSR count). The first-order valence-electron chi connectivity index (χ1n) is 13.9. The van der Waals surface area contributed by atoms with Crippen LogP contribution in [0.3, 0.4) is 0 Å². The lowest BCUT2D eigenvalue weighted by atomic mass is 9.78. The maximum atomic E-state index is 5.18. The van der Waals surface area contributed by atoms with Crippen LogP contribution in [0.15, 0.2) is 53.6 Å². The molecule has 2 unspecified atom stereocenters. The van der Waals surface area contributed by atoms with Gasteiger partial charge in [-0.3, -0.25) is 24.0 Å². The number of fused-ring (bicyclic) bond motifs is 2. The molecule has 0 saturated carbocycles. The lowest BCUT2D eigenvalue weighted by molar-refractivity contribution is 0.183. The van der Waals surface area contributed by atoms with Crippen molar-refractivity contribution in [3.8, 4) is 22.5 Å². The van der Waals surface area contributed by atoms with E-state index in [-0.39, 0.29) is 0 Å². The van der Waals surface area contributed by atoms with E-state index in [1.807, 2.05) is 54.3 Å². The molecule has 1 N–H and O–H groups in total. The van der Waals surface area contributed by atoms with Crippen LogP contribution in [0.1, 0.15) is 44.4 Å². The van der Waals surface area contributed by atoms with Crippen LogP contribution in [-0.4, -0.2) is 59.9 Å². The Balaban J connectivity index is 1.32. The Kier molecular flexibility index (Phi) is 6.87. The van der Waals surface area contributed by atoms with Crippen LogP contribution in [0.25, 0.3) is 28.1 Å². The van der Waals surface area contributed by atoms with Crippen molar-refractivity contribution in [1.82, 2.24) is 34.3 Å². The monoisotopic (exact) mass is 539 g/mol. The summed E-state index contributed by atoms with van der Waals surface area (Å²) in [4.78, 5) is 9.90. The van der Waals surface area contributed by atoms with Gasteiger partial charge >= 0.3 is 0 Å². The molecule has 2 aliphatic rings. The minimum absolute atomic E-state index is 0.353. The molecular formula is C30H37N9O. The number of nitrogens with zero attached hydrogens (tertiary/aromatic N) is 8. The molecule has 0 fully saturated rings. The summed E-state index contributed by atoms with van der Waals surface area (Å²) in [6.45, 7) is 5.86. The molecule has 4 aromatic rings. The molecule has 0 aromatic carbocycles. The van der Waals surface area contributed by atoms with Gasteiger partial charge in [0, 0.05) is 68.8 Å². The third-order valence-electron chi connectivity index (χ3n) is 8.03. The minimum Gasteiger partial charge on any atom is -0.383 e. The molecule has 5 heterocycles. The largest absolute Gasteiger partial charge is 0.383 e. The van der Waals surface area contributed by atoms with E-state index in [1.54, 1.807) is 11.8 Å². The smallest absolute Gasteiger partial charge is 0.149 e. The van der Waals surface area contributed by atoms with E-state index < -0.39 is 5.66 Å².